The van der Waals surface area contributed by atoms with E-state index < -0.39 is 0 Å². The van der Waals surface area contributed by atoms with Gasteiger partial charge in [-0.1, -0.05) is 159 Å². The van der Waals surface area contributed by atoms with E-state index in [1.54, 1.807) is 0 Å². The Kier molecular flexibility index (Phi) is 8.56. The summed E-state index contributed by atoms with van der Waals surface area (Å²) >= 11 is 0. The lowest BCUT2D eigenvalue weighted by molar-refractivity contribution is 0.660. The number of hydrogen-bond donors (Lipinski definition) is 0. The van der Waals surface area contributed by atoms with Gasteiger partial charge in [-0.25, -0.2) is 0 Å². The van der Waals surface area contributed by atoms with Gasteiger partial charge < -0.3 is 13.9 Å². The number of para-hydroxylation sites is 3. The van der Waals surface area contributed by atoms with Gasteiger partial charge in [0.1, 0.15) is 11.2 Å². The standard InChI is InChI=1S/C63H44N2O/c1-63(2)57-22-12-9-19-50(57)51-35-34-49(40-58(51)63)64(47-30-25-42(26-31-47)41-15-5-3-6-16-41)48-32-27-43(28-33-48)45-38-54(62-56(39-45)53-21-11-14-24-61(53)66-62)44-29-36-60-55(37-44)52-20-10-13-23-59(52)65(60)46-17-7-4-8-18-46/h3-40H,1-2H3. The summed E-state index contributed by atoms with van der Waals surface area (Å²) in [7, 11) is 0. The average molecular weight is 845 g/mol. The molecule has 0 radical (unpaired) electrons. The predicted molar refractivity (Wildman–Crippen MR) is 277 cm³/mol. The van der Waals surface area contributed by atoms with Gasteiger partial charge in [0.25, 0.3) is 0 Å². The molecule has 10 aromatic carbocycles. The van der Waals surface area contributed by atoms with Crippen molar-refractivity contribution in [3.05, 3.63) is 242 Å². The topological polar surface area (TPSA) is 21.3 Å². The van der Waals surface area contributed by atoms with E-state index in [-0.39, 0.29) is 5.41 Å². The van der Waals surface area contributed by atoms with Gasteiger partial charge in [0.05, 0.1) is 11.0 Å². The molecule has 312 valence electrons. The van der Waals surface area contributed by atoms with Gasteiger partial charge in [0.2, 0.25) is 0 Å². The maximum atomic E-state index is 6.74. The lowest BCUT2D eigenvalue weighted by Gasteiger charge is -2.28. The molecule has 1 aliphatic carbocycles. The first-order valence-corrected chi connectivity index (χ1v) is 22.8. The molecule has 66 heavy (non-hydrogen) atoms. The Balaban J connectivity index is 0.947. The minimum absolute atomic E-state index is 0.119. The van der Waals surface area contributed by atoms with Crippen molar-refractivity contribution in [1.29, 1.82) is 0 Å². The van der Waals surface area contributed by atoms with Gasteiger partial charge in [0.15, 0.2) is 0 Å². The number of anilines is 3. The summed E-state index contributed by atoms with van der Waals surface area (Å²) < 4.78 is 9.11. The molecule has 13 rings (SSSR count). The maximum absolute atomic E-state index is 6.74. The minimum Gasteiger partial charge on any atom is -0.455 e. The predicted octanol–water partition coefficient (Wildman–Crippen LogP) is 17.5. The van der Waals surface area contributed by atoms with Crippen LogP contribution in [0.25, 0.3) is 93.9 Å². The van der Waals surface area contributed by atoms with Crippen LogP contribution in [-0.4, -0.2) is 4.57 Å². The molecular weight excluding hydrogens is 801 g/mol. The monoisotopic (exact) mass is 844 g/mol. The molecule has 0 fully saturated rings. The normalized spacial score (nSPS) is 12.8. The molecule has 3 nitrogen and oxygen atoms in total. The summed E-state index contributed by atoms with van der Waals surface area (Å²) in [6.07, 6.45) is 0. The molecule has 3 heteroatoms. The van der Waals surface area contributed by atoms with Crippen LogP contribution in [0.2, 0.25) is 0 Å². The highest BCUT2D eigenvalue weighted by Gasteiger charge is 2.35. The van der Waals surface area contributed by atoms with E-state index in [9.17, 15) is 0 Å². The molecule has 0 atom stereocenters. The Hall–Kier alpha value is -8.40. The molecule has 0 spiro atoms. The van der Waals surface area contributed by atoms with Gasteiger partial charge in [-0.15, -0.1) is 0 Å². The fourth-order valence-corrected chi connectivity index (χ4v) is 10.7. The lowest BCUT2D eigenvalue weighted by Crippen LogP contribution is -2.16. The molecule has 0 amide bonds. The van der Waals surface area contributed by atoms with E-state index in [1.807, 2.05) is 0 Å². The second kappa shape index (κ2) is 14.8. The third kappa shape index (κ3) is 5.97. The number of nitrogens with zero attached hydrogens (tertiary/aromatic N) is 2. The number of furan rings is 1. The van der Waals surface area contributed by atoms with E-state index >= 15 is 0 Å². The number of fused-ring (bicyclic) bond motifs is 9. The van der Waals surface area contributed by atoms with Crippen LogP contribution >= 0.6 is 0 Å². The lowest BCUT2D eigenvalue weighted by atomic mass is 9.82. The van der Waals surface area contributed by atoms with Crippen LogP contribution in [0.1, 0.15) is 25.0 Å². The van der Waals surface area contributed by atoms with Crippen molar-refractivity contribution in [2.75, 3.05) is 4.90 Å². The first-order chi connectivity index (χ1) is 32.5. The first-order valence-electron chi connectivity index (χ1n) is 22.8. The second-order valence-electron chi connectivity index (χ2n) is 18.1. The Morgan fingerprint density at radius 1 is 0.364 bits per heavy atom. The van der Waals surface area contributed by atoms with Gasteiger partial charge in [-0.05, 0) is 135 Å². The zero-order valence-electron chi connectivity index (χ0n) is 36.7. The van der Waals surface area contributed by atoms with E-state index in [2.05, 4.69) is 254 Å². The largest absolute Gasteiger partial charge is 0.455 e. The minimum atomic E-state index is -0.119. The van der Waals surface area contributed by atoms with Crippen molar-refractivity contribution in [1.82, 2.24) is 4.57 Å². The van der Waals surface area contributed by atoms with Crippen LogP contribution in [-0.2, 0) is 5.41 Å². The molecule has 2 aromatic heterocycles. The van der Waals surface area contributed by atoms with Crippen LogP contribution in [0, 0.1) is 0 Å². The van der Waals surface area contributed by atoms with Crippen molar-refractivity contribution in [3.8, 4) is 50.2 Å². The molecule has 0 aliphatic heterocycles. The Labute approximate surface area is 384 Å². The molecule has 12 aromatic rings. The van der Waals surface area contributed by atoms with E-state index in [0.29, 0.717) is 0 Å². The number of aromatic nitrogens is 1. The molecule has 1 aliphatic rings. The zero-order chi connectivity index (χ0) is 43.9. The van der Waals surface area contributed by atoms with Gasteiger partial charge >= 0.3 is 0 Å². The molecule has 0 saturated heterocycles. The van der Waals surface area contributed by atoms with Crippen LogP contribution in [0.4, 0.5) is 17.1 Å². The smallest absolute Gasteiger partial charge is 0.143 e. The van der Waals surface area contributed by atoms with Crippen molar-refractivity contribution in [2.45, 2.75) is 19.3 Å². The van der Waals surface area contributed by atoms with Crippen molar-refractivity contribution in [2.24, 2.45) is 0 Å². The summed E-state index contributed by atoms with van der Waals surface area (Å²) in [5.74, 6) is 0. The number of benzene rings is 10. The summed E-state index contributed by atoms with van der Waals surface area (Å²) in [5, 5.41) is 4.65. The van der Waals surface area contributed by atoms with Gasteiger partial charge in [0, 0.05) is 55.3 Å². The number of hydrogen-bond acceptors (Lipinski definition) is 2. The average Bonchev–Trinajstić information content (AvgIpc) is 4.00. The van der Waals surface area contributed by atoms with Crippen LogP contribution < -0.4 is 4.90 Å². The maximum Gasteiger partial charge on any atom is 0.143 e. The van der Waals surface area contributed by atoms with E-state index in [1.165, 1.54) is 55.2 Å². The molecule has 0 N–H and O–H groups in total. The van der Waals surface area contributed by atoms with Gasteiger partial charge in [-0.3, -0.25) is 0 Å². The van der Waals surface area contributed by atoms with Crippen molar-refractivity contribution in [3.63, 3.8) is 0 Å². The molecular formula is C63H44N2O. The van der Waals surface area contributed by atoms with E-state index in [0.717, 1.165) is 66.9 Å². The SMILES string of the molecule is CC1(C)c2ccccc2-c2ccc(N(c3ccc(-c4ccccc4)cc3)c3ccc(-c4cc(-c5ccc6c(c5)c5ccccc5n6-c5ccccc5)c5oc6ccccc6c5c4)cc3)cc21. The van der Waals surface area contributed by atoms with Crippen LogP contribution in [0.3, 0.4) is 0 Å². The number of rotatable bonds is 7. The first kappa shape index (κ1) is 38.1. The van der Waals surface area contributed by atoms with Crippen LogP contribution in [0.15, 0.2) is 235 Å². The highest BCUT2D eigenvalue weighted by atomic mass is 16.3. The Morgan fingerprint density at radius 2 is 0.924 bits per heavy atom. The molecule has 0 bridgehead atoms. The van der Waals surface area contributed by atoms with Crippen LogP contribution in [0.5, 0.6) is 0 Å². The van der Waals surface area contributed by atoms with Gasteiger partial charge in [-0.2, -0.15) is 0 Å². The summed E-state index contributed by atoms with van der Waals surface area (Å²) in [5.41, 5.74) is 20.7. The van der Waals surface area contributed by atoms with E-state index in [4.69, 9.17) is 4.42 Å². The molecule has 0 saturated carbocycles. The summed E-state index contributed by atoms with van der Waals surface area (Å²) in [6.45, 7) is 4.70. The fraction of sp³-hybridized carbons (Fsp3) is 0.0476. The highest BCUT2D eigenvalue weighted by molar-refractivity contribution is 6.14. The summed E-state index contributed by atoms with van der Waals surface area (Å²) in [4.78, 5) is 2.40. The zero-order valence-corrected chi connectivity index (χ0v) is 36.7. The Bertz CT molecular complexity index is 3820. The fourth-order valence-electron chi connectivity index (χ4n) is 10.7. The second-order valence-corrected chi connectivity index (χ2v) is 18.1. The van der Waals surface area contributed by atoms with Crippen molar-refractivity contribution >= 4 is 60.8 Å². The van der Waals surface area contributed by atoms with Crippen molar-refractivity contribution < 1.29 is 4.42 Å². The molecule has 0 unspecified atom stereocenters. The Morgan fingerprint density at radius 3 is 1.70 bits per heavy atom. The highest BCUT2D eigenvalue weighted by Crippen LogP contribution is 2.51. The summed E-state index contributed by atoms with van der Waals surface area (Å²) in [6, 6.07) is 83.8. The molecule has 2 heterocycles. The third-order valence-corrected chi connectivity index (χ3v) is 14.0. The third-order valence-electron chi connectivity index (χ3n) is 14.0. The quantitative estimate of drug-likeness (QED) is 0.159.